The number of benzene rings is 2. The van der Waals surface area contributed by atoms with Crippen molar-refractivity contribution in [3.05, 3.63) is 82.1 Å². The Bertz CT molecular complexity index is 1650. The van der Waals surface area contributed by atoms with Crippen LogP contribution in [0.3, 0.4) is 0 Å². The minimum atomic E-state index is -3.76. The number of halogens is 1. The third kappa shape index (κ3) is 8.35. The van der Waals surface area contributed by atoms with Crippen molar-refractivity contribution in [2.24, 2.45) is 11.1 Å². The van der Waals surface area contributed by atoms with Crippen molar-refractivity contribution >= 4 is 51.0 Å². The van der Waals surface area contributed by atoms with E-state index in [0.29, 0.717) is 11.3 Å². The van der Waals surface area contributed by atoms with Gasteiger partial charge in [0.15, 0.2) is 0 Å². The predicted molar refractivity (Wildman–Crippen MR) is 159 cm³/mol. The van der Waals surface area contributed by atoms with Crippen molar-refractivity contribution in [1.29, 1.82) is 5.41 Å². The summed E-state index contributed by atoms with van der Waals surface area (Å²) < 4.78 is 27.9. The van der Waals surface area contributed by atoms with Crippen LogP contribution >= 0.6 is 11.6 Å². The fourth-order valence-corrected chi connectivity index (χ4v) is 4.32. The lowest BCUT2D eigenvalue weighted by Crippen LogP contribution is -2.47. The SMILES string of the molecule is CC(C)(C)[C@@H](COS(C)(=O)=O)NC(=O)c1ccc(-c2ccc(Cl)nc2C(=O)Nc2ccc(C(=N)N)cc2)c(C(=O)O)c1. The second-order valence-electron chi connectivity index (χ2n) is 10.4. The average Bonchev–Trinajstić information content (AvgIpc) is 2.89. The second-order valence-corrected chi connectivity index (χ2v) is 12.5. The lowest BCUT2D eigenvalue weighted by atomic mass is 9.87. The number of nitrogens with two attached hydrogens (primary N) is 1. The zero-order valence-electron chi connectivity index (χ0n) is 23.2. The normalized spacial score (nSPS) is 12.3. The molecule has 1 aromatic heterocycles. The Kier molecular flexibility index (Phi) is 9.71. The smallest absolute Gasteiger partial charge is 0.336 e. The largest absolute Gasteiger partial charge is 0.478 e. The Balaban J connectivity index is 1.97. The van der Waals surface area contributed by atoms with Gasteiger partial charge in [0.1, 0.15) is 16.7 Å². The highest BCUT2D eigenvalue weighted by Gasteiger charge is 2.29. The van der Waals surface area contributed by atoms with Gasteiger partial charge in [0.05, 0.1) is 24.5 Å². The number of amides is 2. The van der Waals surface area contributed by atoms with Crippen LogP contribution in [0, 0.1) is 10.8 Å². The fourth-order valence-electron chi connectivity index (χ4n) is 3.79. The summed E-state index contributed by atoms with van der Waals surface area (Å²) in [6, 6.07) is 12.2. The molecule has 1 heterocycles. The second kappa shape index (κ2) is 12.7. The lowest BCUT2D eigenvalue weighted by molar-refractivity contribution is 0.0697. The van der Waals surface area contributed by atoms with Gasteiger partial charge in [0.25, 0.3) is 21.9 Å². The van der Waals surface area contributed by atoms with Gasteiger partial charge in [0, 0.05) is 22.4 Å². The van der Waals surface area contributed by atoms with E-state index in [1.807, 2.05) is 0 Å². The van der Waals surface area contributed by atoms with Crippen molar-refractivity contribution in [2.45, 2.75) is 26.8 Å². The van der Waals surface area contributed by atoms with E-state index in [1.54, 1.807) is 45.0 Å². The Labute approximate surface area is 247 Å². The molecule has 222 valence electrons. The summed E-state index contributed by atoms with van der Waals surface area (Å²) in [6.07, 6.45) is 0.900. The maximum Gasteiger partial charge on any atom is 0.336 e. The molecule has 0 saturated heterocycles. The number of carboxylic acids is 1. The highest BCUT2D eigenvalue weighted by atomic mass is 35.5. The average molecular weight is 616 g/mol. The molecule has 6 N–H and O–H groups in total. The molecule has 1 atom stereocenters. The van der Waals surface area contributed by atoms with Crippen LogP contribution in [0.2, 0.25) is 5.15 Å². The fraction of sp³-hybridized carbons (Fsp3) is 0.250. The van der Waals surface area contributed by atoms with Crippen LogP contribution in [0.15, 0.2) is 54.6 Å². The lowest BCUT2D eigenvalue weighted by Gasteiger charge is -2.31. The summed E-state index contributed by atoms with van der Waals surface area (Å²) in [5.41, 5.74) is 5.49. The molecular weight excluding hydrogens is 586 g/mol. The van der Waals surface area contributed by atoms with E-state index in [0.717, 1.165) is 12.3 Å². The summed E-state index contributed by atoms with van der Waals surface area (Å²) in [5.74, 6) is -2.84. The van der Waals surface area contributed by atoms with Gasteiger partial charge in [-0.25, -0.2) is 9.78 Å². The summed E-state index contributed by atoms with van der Waals surface area (Å²) in [6.45, 7) is 5.04. The van der Waals surface area contributed by atoms with Gasteiger partial charge in [-0.15, -0.1) is 0 Å². The molecule has 2 aromatic carbocycles. The van der Waals surface area contributed by atoms with Gasteiger partial charge in [-0.3, -0.25) is 19.2 Å². The summed E-state index contributed by atoms with van der Waals surface area (Å²) in [5, 5.41) is 22.9. The molecule has 0 aliphatic heterocycles. The number of carboxylic acid groups (broad SMARTS) is 1. The van der Waals surface area contributed by atoms with Gasteiger partial charge >= 0.3 is 5.97 Å². The van der Waals surface area contributed by atoms with Crippen LogP contribution < -0.4 is 16.4 Å². The number of nitrogens with one attached hydrogen (secondary N) is 3. The third-order valence-electron chi connectivity index (χ3n) is 6.13. The third-order valence-corrected chi connectivity index (χ3v) is 6.91. The van der Waals surface area contributed by atoms with Crippen LogP contribution in [0.25, 0.3) is 11.1 Å². The maximum absolute atomic E-state index is 13.2. The molecule has 0 saturated carbocycles. The summed E-state index contributed by atoms with van der Waals surface area (Å²) in [7, 11) is -3.76. The number of hydrogen-bond donors (Lipinski definition) is 5. The first-order valence-corrected chi connectivity index (χ1v) is 14.6. The van der Waals surface area contributed by atoms with Crippen molar-refractivity contribution in [2.75, 3.05) is 18.2 Å². The Morgan fingerprint density at radius 1 is 1.02 bits per heavy atom. The standard InChI is InChI=1S/C28H30ClN5O7S/c1-28(2,3)21(14-41-42(4,39)40)33-25(35)16-7-10-18(20(13-16)27(37)38)19-11-12-22(29)34-23(19)26(36)32-17-8-5-15(6-9-17)24(30)31/h5-13,21H,14H2,1-4H3,(H3,30,31)(H,32,36)(H,33,35)(H,37,38)/t21-/m1/s1. The highest BCUT2D eigenvalue weighted by molar-refractivity contribution is 7.85. The van der Waals surface area contributed by atoms with Crippen LogP contribution in [-0.4, -0.2) is 61.0 Å². The van der Waals surface area contributed by atoms with E-state index in [2.05, 4.69) is 15.6 Å². The first-order valence-electron chi connectivity index (χ1n) is 12.4. The van der Waals surface area contributed by atoms with Gasteiger partial charge in [-0.2, -0.15) is 8.42 Å². The Morgan fingerprint density at radius 3 is 2.17 bits per heavy atom. The molecule has 12 nitrogen and oxygen atoms in total. The quantitative estimate of drug-likeness (QED) is 0.0974. The Morgan fingerprint density at radius 2 is 1.62 bits per heavy atom. The molecule has 0 spiro atoms. The van der Waals surface area contributed by atoms with Crippen LogP contribution in [0.5, 0.6) is 0 Å². The topological polar surface area (TPSA) is 202 Å². The number of pyridine rings is 1. The van der Waals surface area contributed by atoms with E-state index >= 15 is 0 Å². The molecule has 0 fully saturated rings. The minimum absolute atomic E-state index is 0.00626. The molecule has 42 heavy (non-hydrogen) atoms. The monoisotopic (exact) mass is 615 g/mol. The number of nitrogens with zero attached hydrogens (tertiary/aromatic N) is 1. The van der Waals surface area contributed by atoms with Gasteiger partial charge in [0.2, 0.25) is 0 Å². The van der Waals surface area contributed by atoms with E-state index in [-0.39, 0.29) is 45.5 Å². The number of amidine groups is 1. The molecule has 3 rings (SSSR count). The number of aromatic carboxylic acids is 1. The van der Waals surface area contributed by atoms with E-state index in [4.69, 9.17) is 26.9 Å². The van der Waals surface area contributed by atoms with E-state index in [9.17, 15) is 27.9 Å². The number of anilines is 1. The van der Waals surface area contributed by atoms with Crippen molar-refractivity contribution in [3.63, 3.8) is 0 Å². The number of rotatable bonds is 10. The zero-order valence-corrected chi connectivity index (χ0v) is 24.8. The minimum Gasteiger partial charge on any atom is -0.478 e. The molecule has 3 aromatic rings. The van der Waals surface area contributed by atoms with Gasteiger partial charge < -0.3 is 21.5 Å². The summed E-state index contributed by atoms with van der Waals surface area (Å²) >= 11 is 6.07. The van der Waals surface area contributed by atoms with E-state index in [1.165, 1.54) is 24.3 Å². The van der Waals surface area contributed by atoms with Gasteiger partial charge in [-0.1, -0.05) is 38.4 Å². The first-order chi connectivity index (χ1) is 19.5. The number of aromatic nitrogens is 1. The number of hydrogen-bond acceptors (Lipinski definition) is 8. The van der Waals surface area contributed by atoms with Crippen LogP contribution in [-0.2, 0) is 14.3 Å². The molecule has 2 amide bonds. The zero-order chi connectivity index (χ0) is 31.4. The van der Waals surface area contributed by atoms with E-state index < -0.39 is 39.4 Å². The van der Waals surface area contributed by atoms with Gasteiger partial charge in [-0.05, 0) is 59.5 Å². The van der Waals surface area contributed by atoms with Crippen molar-refractivity contribution < 1.29 is 32.1 Å². The molecule has 0 aliphatic rings. The number of nitrogen functional groups attached to an aromatic ring is 1. The highest BCUT2D eigenvalue weighted by Crippen LogP contribution is 2.30. The molecule has 0 bridgehead atoms. The molecule has 14 heteroatoms. The molecule has 0 unspecified atom stereocenters. The van der Waals surface area contributed by atoms with Crippen LogP contribution in [0.4, 0.5) is 5.69 Å². The maximum atomic E-state index is 13.2. The molecule has 0 radical (unpaired) electrons. The Hall–Kier alpha value is -4.33. The van der Waals surface area contributed by atoms with Crippen LogP contribution in [0.1, 0.15) is 57.5 Å². The predicted octanol–water partition coefficient (Wildman–Crippen LogP) is 3.76. The first kappa shape index (κ1) is 32.2. The van der Waals surface area contributed by atoms with Crippen molar-refractivity contribution in [1.82, 2.24) is 10.3 Å². The molecular formula is C28H30ClN5O7S. The number of carbonyl (C=O) groups excluding carboxylic acids is 2. The molecule has 0 aliphatic carbocycles. The summed E-state index contributed by atoms with van der Waals surface area (Å²) in [4.78, 5) is 42.7. The van der Waals surface area contributed by atoms with Crippen molar-refractivity contribution in [3.8, 4) is 11.1 Å². The number of carbonyl (C=O) groups is 3.